The summed E-state index contributed by atoms with van der Waals surface area (Å²) in [4.78, 5) is 36.9. The maximum atomic E-state index is 12.7. The van der Waals surface area contributed by atoms with Crippen LogP contribution in [0.15, 0.2) is 60.8 Å². The molecule has 0 aliphatic rings. The summed E-state index contributed by atoms with van der Waals surface area (Å²) >= 11 is 0. The molecule has 55 heavy (non-hydrogen) atoms. The van der Waals surface area contributed by atoms with Gasteiger partial charge in [0.15, 0.2) is 12.4 Å². The topological polar surface area (TPSA) is 111 Å². The first kappa shape index (κ1) is 52.0. The van der Waals surface area contributed by atoms with Crippen molar-refractivity contribution < 1.29 is 42.9 Å². The van der Waals surface area contributed by atoms with E-state index in [1.807, 2.05) is 21.1 Å². The van der Waals surface area contributed by atoms with E-state index >= 15 is 0 Å². The van der Waals surface area contributed by atoms with E-state index in [1.165, 1.54) is 51.4 Å². The summed E-state index contributed by atoms with van der Waals surface area (Å²) in [7, 11) is 5.89. The molecule has 0 N–H and O–H groups in total. The van der Waals surface area contributed by atoms with Crippen molar-refractivity contribution in [3.8, 4) is 0 Å². The number of ether oxygens (including phenoxy) is 4. The van der Waals surface area contributed by atoms with Crippen LogP contribution in [0.4, 0.5) is 0 Å². The Morgan fingerprint density at radius 3 is 1.55 bits per heavy atom. The molecule has 2 unspecified atom stereocenters. The SMILES string of the molecule is CC/C=C\C/C=C\C/C=C\C/C=C\C/C=C\CCCCCC(=O)OC(COC(=O)CCCCCCCCCCCCC)COC(OCC[N+](C)(C)C)C(=O)[O-]. The second-order valence-corrected chi connectivity index (χ2v) is 15.3. The number of aliphatic carboxylic acids is 1. The fourth-order valence-electron chi connectivity index (χ4n) is 5.44. The Bertz CT molecular complexity index is 1090. The summed E-state index contributed by atoms with van der Waals surface area (Å²) < 4.78 is 22.5. The van der Waals surface area contributed by atoms with Gasteiger partial charge in [0.05, 0.1) is 40.3 Å². The van der Waals surface area contributed by atoms with Crippen molar-refractivity contribution in [2.45, 2.75) is 167 Å². The van der Waals surface area contributed by atoms with E-state index in [9.17, 15) is 19.5 Å². The number of likely N-dealkylation sites (N-methyl/N-ethyl adjacent to an activating group) is 1. The lowest BCUT2D eigenvalue weighted by Crippen LogP contribution is -2.44. The number of nitrogens with zero attached hydrogens (tertiary/aromatic N) is 1. The number of carboxylic acid groups (broad SMARTS) is 1. The monoisotopic (exact) mass is 774 g/mol. The Labute approximate surface area is 335 Å². The summed E-state index contributed by atoms with van der Waals surface area (Å²) in [5, 5.41) is 11.7. The first-order valence-electron chi connectivity index (χ1n) is 21.4. The number of unbranched alkanes of at least 4 members (excludes halogenated alkanes) is 13. The van der Waals surface area contributed by atoms with Crippen LogP contribution in [0.1, 0.15) is 155 Å². The molecule has 0 aliphatic carbocycles. The fraction of sp³-hybridized carbons (Fsp3) is 0.717. The molecule has 0 saturated heterocycles. The molecule has 0 radical (unpaired) electrons. The minimum Gasteiger partial charge on any atom is -0.545 e. The van der Waals surface area contributed by atoms with Crippen molar-refractivity contribution in [2.24, 2.45) is 0 Å². The minimum atomic E-state index is -1.63. The van der Waals surface area contributed by atoms with E-state index in [2.05, 4.69) is 74.6 Å². The van der Waals surface area contributed by atoms with Crippen LogP contribution in [0.2, 0.25) is 0 Å². The van der Waals surface area contributed by atoms with Gasteiger partial charge in [-0.05, 0) is 57.8 Å². The molecule has 0 fully saturated rings. The van der Waals surface area contributed by atoms with Gasteiger partial charge >= 0.3 is 11.9 Å². The number of hydrogen-bond donors (Lipinski definition) is 0. The number of carbonyl (C=O) groups excluding carboxylic acids is 3. The average molecular weight is 774 g/mol. The molecule has 0 aliphatic heterocycles. The zero-order valence-electron chi connectivity index (χ0n) is 35.5. The van der Waals surface area contributed by atoms with Gasteiger partial charge in [-0.25, -0.2) is 0 Å². The maximum Gasteiger partial charge on any atom is 0.306 e. The van der Waals surface area contributed by atoms with Gasteiger partial charge in [-0.1, -0.05) is 145 Å². The van der Waals surface area contributed by atoms with Gasteiger partial charge in [0.2, 0.25) is 0 Å². The van der Waals surface area contributed by atoms with Crippen molar-refractivity contribution in [1.29, 1.82) is 0 Å². The van der Waals surface area contributed by atoms with Crippen molar-refractivity contribution in [3.63, 3.8) is 0 Å². The summed E-state index contributed by atoms with van der Waals surface area (Å²) in [6.45, 7) is 4.55. The van der Waals surface area contributed by atoms with Crippen LogP contribution < -0.4 is 5.11 Å². The molecule has 0 spiro atoms. The Morgan fingerprint density at radius 2 is 1.04 bits per heavy atom. The van der Waals surface area contributed by atoms with Crippen LogP contribution in [-0.4, -0.2) is 82.3 Å². The van der Waals surface area contributed by atoms with E-state index in [-0.39, 0.29) is 38.6 Å². The van der Waals surface area contributed by atoms with E-state index in [4.69, 9.17) is 18.9 Å². The molecule has 316 valence electrons. The third-order valence-electron chi connectivity index (χ3n) is 8.78. The second kappa shape index (κ2) is 37.9. The Morgan fingerprint density at radius 1 is 0.564 bits per heavy atom. The highest BCUT2D eigenvalue weighted by Gasteiger charge is 2.21. The van der Waals surface area contributed by atoms with E-state index < -0.39 is 24.3 Å². The highest BCUT2D eigenvalue weighted by molar-refractivity contribution is 5.70. The number of quaternary nitrogens is 1. The van der Waals surface area contributed by atoms with Gasteiger partial charge in [0.1, 0.15) is 13.2 Å². The van der Waals surface area contributed by atoms with E-state index in [1.54, 1.807) is 0 Å². The fourth-order valence-corrected chi connectivity index (χ4v) is 5.44. The molecule has 0 rings (SSSR count). The molecular weight excluding hydrogens is 695 g/mol. The van der Waals surface area contributed by atoms with Gasteiger partial charge in [0.25, 0.3) is 0 Å². The van der Waals surface area contributed by atoms with Gasteiger partial charge in [-0.2, -0.15) is 0 Å². The van der Waals surface area contributed by atoms with Crippen molar-refractivity contribution in [3.05, 3.63) is 60.8 Å². The van der Waals surface area contributed by atoms with Crippen LogP contribution >= 0.6 is 0 Å². The predicted octanol–water partition coefficient (Wildman–Crippen LogP) is 9.66. The largest absolute Gasteiger partial charge is 0.545 e. The number of rotatable bonds is 38. The van der Waals surface area contributed by atoms with E-state index in [0.717, 1.165) is 70.6 Å². The highest BCUT2D eigenvalue weighted by Crippen LogP contribution is 2.13. The van der Waals surface area contributed by atoms with Crippen LogP contribution in [0.25, 0.3) is 0 Å². The molecule has 0 amide bonds. The minimum absolute atomic E-state index is 0.139. The molecule has 0 aromatic carbocycles. The van der Waals surface area contributed by atoms with Crippen molar-refractivity contribution >= 4 is 17.9 Å². The lowest BCUT2D eigenvalue weighted by Gasteiger charge is -2.26. The number of hydrogen-bond acceptors (Lipinski definition) is 8. The lowest BCUT2D eigenvalue weighted by atomic mass is 10.1. The molecular formula is C46H79NO8. The Balaban J connectivity index is 4.53. The third-order valence-corrected chi connectivity index (χ3v) is 8.78. The second-order valence-electron chi connectivity index (χ2n) is 15.3. The molecule has 0 bridgehead atoms. The lowest BCUT2D eigenvalue weighted by molar-refractivity contribution is -0.870. The van der Waals surface area contributed by atoms with Gasteiger partial charge in [0, 0.05) is 12.8 Å². The highest BCUT2D eigenvalue weighted by atomic mass is 16.7. The van der Waals surface area contributed by atoms with Crippen molar-refractivity contribution in [2.75, 3.05) is 47.5 Å². The summed E-state index contributed by atoms with van der Waals surface area (Å²) in [5.41, 5.74) is 0. The Kier molecular flexibility index (Phi) is 35.8. The molecule has 0 saturated carbocycles. The zero-order valence-corrected chi connectivity index (χ0v) is 35.5. The molecule has 0 aromatic heterocycles. The Hall–Kier alpha value is -3.01. The smallest absolute Gasteiger partial charge is 0.306 e. The standard InChI is InChI=1S/C46H79NO8/c1-6-8-10-12-14-16-18-19-20-21-22-23-24-25-27-29-31-33-35-37-44(49)55-42(41-54-46(45(50)51)52-39-38-47(3,4)5)40-53-43(48)36-34-32-30-28-26-17-15-13-11-9-7-2/h8,10,14,16,19-20,22-23,25,27,42,46H,6-7,9,11-13,15,17-18,21,24,26,28-41H2,1-5H3/b10-8-,16-14-,20-19-,23-22-,27-25-. The van der Waals surface area contributed by atoms with E-state index in [0.29, 0.717) is 17.4 Å². The number of carbonyl (C=O) groups is 3. The maximum absolute atomic E-state index is 12.7. The quantitative estimate of drug-likeness (QED) is 0.0201. The van der Waals surface area contributed by atoms with Gasteiger partial charge < -0.3 is 33.3 Å². The number of carboxylic acids is 1. The van der Waals surface area contributed by atoms with Crippen molar-refractivity contribution in [1.82, 2.24) is 0 Å². The number of esters is 2. The van der Waals surface area contributed by atoms with Gasteiger partial charge in [-0.15, -0.1) is 0 Å². The summed E-state index contributed by atoms with van der Waals surface area (Å²) in [6.07, 6.45) is 41.1. The summed E-state index contributed by atoms with van der Waals surface area (Å²) in [6, 6.07) is 0. The average Bonchev–Trinajstić information content (AvgIpc) is 3.14. The first-order chi connectivity index (χ1) is 26.6. The van der Waals surface area contributed by atoms with Crippen LogP contribution in [-0.2, 0) is 33.3 Å². The predicted molar refractivity (Wildman–Crippen MR) is 223 cm³/mol. The first-order valence-corrected chi connectivity index (χ1v) is 21.4. The van der Waals surface area contributed by atoms with Crippen LogP contribution in [0.3, 0.4) is 0 Å². The molecule has 0 heterocycles. The molecule has 2 atom stereocenters. The normalized spacial score (nSPS) is 13.5. The molecule has 9 heteroatoms. The van der Waals surface area contributed by atoms with Gasteiger partial charge in [-0.3, -0.25) is 9.59 Å². The number of allylic oxidation sites excluding steroid dienone is 10. The van der Waals surface area contributed by atoms with Crippen LogP contribution in [0.5, 0.6) is 0 Å². The third kappa shape index (κ3) is 39.0. The molecule has 0 aromatic rings. The summed E-state index contributed by atoms with van der Waals surface area (Å²) in [5.74, 6) is -2.34. The molecule has 9 nitrogen and oxygen atoms in total. The zero-order chi connectivity index (χ0) is 40.7. The van der Waals surface area contributed by atoms with Crippen LogP contribution in [0, 0.1) is 0 Å².